The molecular weight excluding hydrogens is 635 g/mol. The number of unbranched alkanes of at least 4 members (excludes halogenated alkanes) is 1. The predicted octanol–water partition coefficient (Wildman–Crippen LogP) is 9.93. The van der Waals surface area contributed by atoms with E-state index in [1.807, 2.05) is 6.07 Å². The maximum Gasteiger partial charge on any atom is 0.0920 e. The molecule has 0 unspecified atom stereocenters. The number of benzene rings is 4. The van der Waals surface area contributed by atoms with Gasteiger partial charge in [0.05, 0.1) is 9.52 Å². The van der Waals surface area contributed by atoms with Gasteiger partial charge in [-0.15, -0.1) is 40.1 Å². The van der Waals surface area contributed by atoms with E-state index < -0.39 is 20.8 Å². The molecule has 6 rings (SSSR count). The van der Waals surface area contributed by atoms with Crippen molar-refractivity contribution in [2.24, 2.45) is 0 Å². The van der Waals surface area contributed by atoms with Crippen LogP contribution in [0.4, 0.5) is 0 Å². The van der Waals surface area contributed by atoms with Crippen molar-refractivity contribution in [3.05, 3.63) is 114 Å². The van der Waals surface area contributed by atoms with Crippen molar-refractivity contribution >= 4 is 47.7 Å². The van der Waals surface area contributed by atoms with E-state index in [0.717, 1.165) is 15.9 Å². The molecule has 4 heteroatoms. The van der Waals surface area contributed by atoms with Crippen molar-refractivity contribution in [3.8, 4) is 22.3 Å². The molecule has 0 fully saturated rings. The molecule has 0 N–H and O–H groups in total. The normalized spacial score (nSPS) is 11.5. The molecule has 5 aromatic carbocycles. The average Bonchev–Trinajstić information content (AvgIpc) is 3.57. The first kappa shape index (κ1) is 32.1. The van der Waals surface area contributed by atoms with Crippen molar-refractivity contribution in [2.75, 3.05) is 0 Å². The summed E-state index contributed by atoms with van der Waals surface area (Å²) in [7, 11) is 10.7. The zero-order valence-corrected chi connectivity index (χ0v) is 29.7. The van der Waals surface area contributed by atoms with Crippen LogP contribution in [0, 0.1) is 6.07 Å². The summed E-state index contributed by atoms with van der Waals surface area (Å²) in [5, 5.41) is 5.64. The third kappa shape index (κ3) is 7.77. The molecule has 5 aromatic rings. The Hall–Kier alpha value is -1.83. The van der Waals surface area contributed by atoms with E-state index in [9.17, 15) is 0 Å². The standard InChI is InChI=1S/C25H31.C12H7Si.2ClH.Zr/c1-6-8-11-18-16-20-14-15-23(25(3,4)5)24(22(20)17-18)21-13-10-9-12-19(21)7-2;1-3-7-11-9(5-1)10-6-2-4-8-12(10)13-11;;;/h9-10,12-17H,6-8,11H2,1-5H3;1-7H;2*1H;/q2*-1;;;+4/p-2. The zero-order valence-electron chi connectivity index (χ0n) is 24.7. The quantitative estimate of drug-likeness (QED) is 0.126. The number of hydrogen-bond acceptors (Lipinski definition) is 0. The summed E-state index contributed by atoms with van der Waals surface area (Å²) in [5.41, 5.74) is 10.1. The van der Waals surface area contributed by atoms with E-state index in [-0.39, 0.29) is 5.41 Å². The second-order valence-corrected chi connectivity index (χ2v) is 16.4. The molecule has 0 atom stereocenters. The Kier molecular flexibility index (Phi) is 11.8. The van der Waals surface area contributed by atoms with Gasteiger partial charge < -0.3 is 0 Å². The molecule has 0 saturated heterocycles. The molecule has 2 radical (unpaired) electrons. The molecule has 0 bridgehead atoms. The van der Waals surface area contributed by atoms with Crippen molar-refractivity contribution in [3.63, 3.8) is 0 Å². The van der Waals surface area contributed by atoms with Gasteiger partial charge in [0, 0.05) is 0 Å². The fourth-order valence-electron chi connectivity index (χ4n) is 5.58. The smallest absolute Gasteiger partial charge is 0.0920 e. The molecule has 1 aliphatic rings. The van der Waals surface area contributed by atoms with Gasteiger partial charge in [-0.05, 0) is 29.4 Å². The van der Waals surface area contributed by atoms with Gasteiger partial charge >= 0.3 is 37.9 Å². The maximum absolute atomic E-state index is 4.93. The van der Waals surface area contributed by atoms with Gasteiger partial charge in [0.2, 0.25) is 0 Å². The van der Waals surface area contributed by atoms with Crippen LogP contribution in [0.5, 0.6) is 0 Å². The van der Waals surface area contributed by atoms with Crippen LogP contribution < -0.4 is 10.4 Å². The molecule has 0 nitrogen and oxygen atoms in total. The molecule has 0 spiro atoms. The Balaban J connectivity index is 0.000000200. The first-order valence-corrected chi connectivity index (χ1v) is 21.8. The molecule has 1 aliphatic heterocycles. The molecule has 0 amide bonds. The number of hydrogen-bond donors (Lipinski definition) is 0. The van der Waals surface area contributed by atoms with Crippen molar-refractivity contribution in [1.82, 2.24) is 0 Å². The fraction of sp³-hybridized carbons (Fsp3) is 0.270. The second-order valence-electron chi connectivity index (χ2n) is 11.4. The second kappa shape index (κ2) is 15.1. The van der Waals surface area contributed by atoms with E-state index in [4.69, 9.17) is 17.0 Å². The molecule has 208 valence electrons. The van der Waals surface area contributed by atoms with Crippen LogP contribution in [0.3, 0.4) is 0 Å². The fourth-order valence-corrected chi connectivity index (χ4v) is 6.89. The third-order valence-corrected chi connectivity index (χ3v) is 8.95. The van der Waals surface area contributed by atoms with Crippen LogP contribution in [0.25, 0.3) is 33.0 Å². The number of aryl methyl sites for hydroxylation is 2. The SMILES string of the molecule is CCCCc1cc2c(-c3ccccc3CC)c(C(C)(C)C)ccc2[cH-]1.[Cl][Zr+2][Cl].[c-]1cccc2c1[Si]c1ccccc1-2. The number of fused-ring (bicyclic) bond motifs is 4. The number of rotatable bonds is 5. The minimum absolute atomic E-state index is 0.130. The van der Waals surface area contributed by atoms with Crippen LogP contribution in [-0.2, 0) is 39.1 Å². The van der Waals surface area contributed by atoms with Crippen molar-refractivity contribution in [2.45, 2.75) is 65.7 Å². The topological polar surface area (TPSA) is 0 Å². The molecule has 0 aromatic heterocycles. The molecule has 0 aliphatic carbocycles. The summed E-state index contributed by atoms with van der Waals surface area (Å²) in [6.07, 6.45) is 4.77. The monoisotopic (exact) mass is 670 g/mol. The minimum Gasteiger partial charge on any atom is -0.184 e. The Morgan fingerprint density at radius 3 is 2.24 bits per heavy atom. The van der Waals surface area contributed by atoms with Crippen LogP contribution in [-0.4, -0.2) is 9.52 Å². The molecule has 0 saturated carbocycles. The third-order valence-electron chi connectivity index (χ3n) is 7.58. The van der Waals surface area contributed by atoms with Gasteiger partial charge in [-0.25, -0.2) is 0 Å². The van der Waals surface area contributed by atoms with Crippen LogP contribution in [0.2, 0.25) is 0 Å². The number of halogens is 2. The van der Waals surface area contributed by atoms with Gasteiger partial charge in [-0.3, -0.25) is 0 Å². The zero-order chi connectivity index (χ0) is 29.4. The Morgan fingerprint density at radius 2 is 1.54 bits per heavy atom. The van der Waals surface area contributed by atoms with Crippen molar-refractivity contribution in [1.29, 1.82) is 0 Å². The first-order chi connectivity index (χ1) is 19.8. The summed E-state index contributed by atoms with van der Waals surface area (Å²) in [6.45, 7) is 11.5. The largest absolute Gasteiger partial charge is 0.184 e. The van der Waals surface area contributed by atoms with Gasteiger partial charge in [-0.1, -0.05) is 118 Å². The molecule has 41 heavy (non-hydrogen) atoms. The van der Waals surface area contributed by atoms with E-state index >= 15 is 0 Å². The average molecular weight is 673 g/mol. The van der Waals surface area contributed by atoms with E-state index in [2.05, 4.69) is 126 Å². The summed E-state index contributed by atoms with van der Waals surface area (Å²) >= 11 is -0.826. The molecular formula is C37H38Cl2SiZr. The van der Waals surface area contributed by atoms with Crippen LogP contribution >= 0.6 is 17.0 Å². The van der Waals surface area contributed by atoms with Gasteiger partial charge in [0.1, 0.15) is 0 Å². The van der Waals surface area contributed by atoms with Gasteiger partial charge in [0.25, 0.3) is 0 Å². The Labute approximate surface area is 268 Å². The van der Waals surface area contributed by atoms with E-state index in [0.29, 0.717) is 0 Å². The van der Waals surface area contributed by atoms with Crippen LogP contribution in [0.1, 0.15) is 64.2 Å². The van der Waals surface area contributed by atoms with Gasteiger partial charge in [0.15, 0.2) is 0 Å². The summed E-state index contributed by atoms with van der Waals surface area (Å²) in [4.78, 5) is 0. The van der Waals surface area contributed by atoms with Crippen molar-refractivity contribution < 1.29 is 20.8 Å². The summed E-state index contributed by atoms with van der Waals surface area (Å²) < 4.78 is 0. The Morgan fingerprint density at radius 1 is 0.854 bits per heavy atom. The summed E-state index contributed by atoms with van der Waals surface area (Å²) in [5.74, 6) is 0. The minimum atomic E-state index is -0.826. The Bertz CT molecular complexity index is 1530. The maximum atomic E-state index is 4.93. The molecule has 1 heterocycles. The predicted molar refractivity (Wildman–Crippen MR) is 179 cm³/mol. The first-order valence-electron chi connectivity index (χ1n) is 14.5. The van der Waals surface area contributed by atoms with E-state index in [1.54, 1.807) is 0 Å². The van der Waals surface area contributed by atoms with E-state index in [1.165, 1.54) is 79.4 Å². The summed E-state index contributed by atoms with van der Waals surface area (Å²) in [6, 6.07) is 36.6. The van der Waals surface area contributed by atoms with Gasteiger partial charge in [-0.2, -0.15) is 35.5 Å². The van der Waals surface area contributed by atoms with Crippen LogP contribution in [0.15, 0.2) is 91.0 Å².